The number of rotatable bonds is 8. The second-order valence-electron chi connectivity index (χ2n) is 5.68. The third kappa shape index (κ3) is 9.30. The maximum Gasteiger partial charge on any atom is 0.191 e. The minimum atomic E-state index is 0. The average molecular weight is 451 g/mol. The van der Waals surface area contributed by atoms with Gasteiger partial charge in [0.2, 0.25) is 0 Å². The molecule has 23 heavy (non-hydrogen) atoms. The Bertz CT molecular complexity index is 463. The molecule has 0 saturated heterocycles. The van der Waals surface area contributed by atoms with Crippen molar-refractivity contribution in [2.75, 3.05) is 33.0 Å². The van der Waals surface area contributed by atoms with Crippen LogP contribution in [0.25, 0.3) is 0 Å². The lowest BCUT2D eigenvalue weighted by molar-refractivity contribution is 0.414. The highest BCUT2D eigenvalue weighted by Gasteiger charge is 2.15. The predicted molar refractivity (Wildman–Crippen MR) is 114 cm³/mol. The minimum Gasteiger partial charge on any atom is -0.497 e. The Labute approximate surface area is 162 Å². The molecule has 4 nitrogen and oxygen atoms in total. The van der Waals surface area contributed by atoms with Crippen LogP contribution < -0.4 is 15.4 Å². The van der Waals surface area contributed by atoms with Crippen LogP contribution in [0.3, 0.4) is 0 Å². The summed E-state index contributed by atoms with van der Waals surface area (Å²) in [6.07, 6.45) is 3.08. The van der Waals surface area contributed by atoms with Crippen LogP contribution in [0.5, 0.6) is 5.75 Å². The Hall–Kier alpha value is -0.630. The van der Waals surface area contributed by atoms with Crippen molar-refractivity contribution in [3.63, 3.8) is 0 Å². The van der Waals surface area contributed by atoms with Gasteiger partial charge in [-0.3, -0.25) is 4.99 Å². The molecule has 0 aliphatic heterocycles. The maximum absolute atomic E-state index is 5.17. The first-order valence-electron chi connectivity index (χ1n) is 7.71. The Balaban J connectivity index is 0.00000484. The lowest BCUT2D eigenvalue weighted by Crippen LogP contribution is -2.39. The summed E-state index contributed by atoms with van der Waals surface area (Å²) in [6, 6.07) is 8.19. The quantitative estimate of drug-likeness (QED) is 0.361. The summed E-state index contributed by atoms with van der Waals surface area (Å²) < 4.78 is 5.34. The molecular formula is C17H30IN3OS. The van der Waals surface area contributed by atoms with Gasteiger partial charge >= 0.3 is 0 Å². The average Bonchev–Trinajstić information content (AvgIpc) is 2.53. The van der Waals surface area contributed by atoms with Gasteiger partial charge in [-0.15, -0.1) is 24.0 Å². The topological polar surface area (TPSA) is 45.7 Å². The first-order chi connectivity index (χ1) is 10.5. The summed E-state index contributed by atoms with van der Waals surface area (Å²) in [5.41, 5.74) is 1.29. The Morgan fingerprint density at radius 2 is 1.87 bits per heavy atom. The second kappa shape index (κ2) is 11.8. The molecule has 0 aromatic heterocycles. The molecule has 0 saturated carbocycles. The molecule has 6 heteroatoms. The zero-order chi connectivity index (χ0) is 16.4. The van der Waals surface area contributed by atoms with E-state index in [1.807, 2.05) is 23.9 Å². The summed E-state index contributed by atoms with van der Waals surface area (Å²) in [7, 11) is 1.69. The number of guanidine groups is 1. The molecule has 2 N–H and O–H groups in total. The van der Waals surface area contributed by atoms with Crippen molar-refractivity contribution in [2.45, 2.75) is 31.9 Å². The van der Waals surface area contributed by atoms with Crippen molar-refractivity contribution in [1.29, 1.82) is 0 Å². The van der Waals surface area contributed by atoms with E-state index in [0.717, 1.165) is 37.8 Å². The van der Waals surface area contributed by atoms with Crippen LogP contribution in [-0.2, 0) is 6.42 Å². The molecule has 0 aliphatic carbocycles. The molecule has 0 amide bonds. The van der Waals surface area contributed by atoms with E-state index < -0.39 is 0 Å². The second-order valence-corrected chi connectivity index (χ2v) is 7.20. The van der Waals surface area contributed by atoms with Gasteiger partial charge in [0, 0.05) is 17.8 Å². The van der Waals surface area contributed by atoms with E-state index in [1.165, 1.54) is 5.56 Å². The number of hydrogen-bond donors (Lipinski definition) is 2. The fourth-order valence-electron chi connectivity index (χ4n) is 1.79. The third-order valence-corrected chi connectivity index (χ3v) is 4.61. The Kier molecular flexibility index (Phi) is 11.5. The van der Waals surface area contributed by atoms with Gasteiger partial charge in [0.25, 0.3) is 0 Å². The van der Waals surface area contributed by atoms with E-state index in [1.54, 1.807) is 7.11 Å². The van der Waals surface area contributed by atoms with Gasteiger partial charge in [0.1, 0.15) is 5.75 Å². The fraction of sp³-hybridized carbons (Fsp3) is 0.588. The molecule has 1 aromatic carbocycles. The van der Waals surface area contributed by atoms with E-state index in [9.17, 15) is 0 Å². The molecule has 0 bridgehead atoms. The highest BCUT2D eigenvalue weighted by Crippen LogP contribution is 2.20. The van der Waals surface area contributed by atoms with Crippen molar-refractivity contribution in [3.05, 3.63) is 29.8 Å². The van der Waals surface area contributed by atoms with Crippen molar-refractivity contribution in [1.82, 2.24) is 10.6 Å². The molecule has 0 spiro atoms. The molecule has 1 rings (SSSR count). The van der Waals surface area contributed by atoms with Gasteiger partial charge in [-0.25, -0.2) is 0 Å². The van der Waals surface area contributed by atoms with E-state index in [4.69, 9.17) is 4.74 Å². The van der Waals surface area contributed by atoms with Gasteiger partial charge in [0.05, 0.1) is 13.7 Å². The standard InChI is InChI=1S/C17H29N3OS.HI/c1-6-18-16(20-13-17(2,3)22-5)19-12-11-14-7-9-15(21-4)10-8-14;/h7-10H,6,11-13H2,1-5H3,(H2,18,19,20);1H. The summed E-state index contributed by atoms with van der Waals surface area (Å²) in [5.74, 6) is 1.78. The Morgan fingerprint density at radius 1 is 1.22 bits per heavy atom. The van der Waals surface area contributed by atoms with E-state index in [-0.39, 0.29) is 28.7 Å². The van der Waals surface area contributed by atoms with Crippen molar-refractivity contribution >= 4 is 41.7 Å². The van der Waals surface area contributed by atoms with Crippen molar-refractivity contribution in [3.8, 4) is 5.75 Å². The number of nitrogens with one attached hydrogen (secondary N) is 2. The summed E-state index contributed by atoms with van der Waals surface area (Å²) in [4.78, 5) is 4.67. The van der Waals surface area contributed by atoms with Gasteiger partial charge in [-0.1, -0.05) is 12.1 Å². The SMILES string of the molecule is CCNC(=NCC(C)(C)SC)NCCc1ccc(OC)cc1.I. The van der Waals surface area contributed by atoms with Crippen LogP contribution in [0.2, 0.25) is 0 Å². The zero-order valence-electron chi connectivity index (χ0n) is 14.8. The predicted octanol–water partition coefficient (Wildman–Crippen LogP) is 3.55. The van der Waals surface area contributed by atoms with Crippen LogP contribution >= 0.6 is 35.7 Å². The van der Waals surface area contributed by atoms with Crippen LogP contribution in [0.15, 0.2) is 29.3 Å². The van der Waals surface area contributed by atoms with Crippen molar-refractivity contribution in [2.24, 2.45) is 4.99 Å². The first kappa shape index (κ1) is 22.4. The molecule has 0 aliphatic rings. The molecule has 1 aromatic rings. The molecule has 0 fully saturated rings. The number of methoxy groups -OCH3 is 1. The van der Waals surface area contributed by atoms with Crippen molar-refractivity contribution < 1.29 is 4.74 Å². The number of nitrogens with zero attached hydrogens (tertiary/aromatic N) is 1. The monoisotopic (exact) mass is 451 g/mol. The van der Waals surface area contributed by atoms with Crippen LogP contribution in [0.1, 0.15) is 26.3 Å². The van der Waals surface area contributed by atoms with E-state index in [2.05, 4.69) is 54.8 Å². The van der Waals surface area contributed by atoms with Gasteiger partial charge in [0.15, 0.2) is 5.96 Å². The number of ether oxygens (including phenoxy) is 1. The highest BCUT2D eigenvalue weighted by atomic mass is 127. The summed E-state index contributed by atoms with van der Waals surface area (Å²) in [6.45, 7) is 9.03. The van der Waals surface area contributed by atoms with Gasteiger partial charge in [-0.2, -0.15) is 11.8 Å². The molecule has 0 heterocycles. The number of hydrogen-bond acceptors (Lipinski definition) is 3. The van der Waals surface area contributed by atoms with Gasteiger partial charge < -0.3 is 15.4 Å². The minimum absolute atomic E-state index is 0. The maximum atomic E-state index is 5.17. The van der Waals surface area contributed by atoms with Crippen LogP contribution in [0, 0.1) is 0 Å². The highest BCUT2D eigenvalue weighted by molar-refractivity contribution is 14.0. The fourth-order valence-corrected chi connectivity index (χ4v) is 1.99. The van der Waals surface area contributed by atoms with Crippen LogP contribution in [0.4, 0.5) is 0 Å². The summed E-state index contributed by atoms with van der Waals surface area (Å²) >= 11 is 1.84. The Morgan fingerprint density at radius 3 is 2.39 bits per heavy atom. The normalized spacial score (nSPS) is 11.6. The molecule has 0 radical (unpaired) electrons. The largest absolute Gasteiger partial charge is 0.497 e. The number of benzene rings is 1. The molecule has 132 valence electrons. The van der Waals surface area contributed by atoms with Crippen LogP contribution in [-0.4, -0.2) is 43.7 Å². The molecule has 0 atom stereocenters. The lowest BCUT2D eigenvalue weighted by atomic mass is 10.1. The number of thioether (sulfide) groups is 1. The molecular weight excluding hydrogens is 421 g/mol. The van der Waals surface area contributed by atoms with E-state index in [0.29, 0.717) is 0 Å². The smallest absolute Gasteiger partial charge is 0.191 e. The third-order valence-electron chi connectivity index (χ3n) is 3.38. The number of halogens is 1. The zero-order valence-corrected chi connectivity index (χ0v) is 18.0. The molecule has 0 unspecified atom stereocenters. The summed E-state index contributed by atoms with van der Waals surface area (Å²) in [5, 5.41) is 6.69. The first-order valence-corrected chi connectivity index (χ1v) is 8.93. The van der Waals surface area contributed by atoms with Gasteiger partial charge in [-0.05, 0) is 51.1 Å². The van der Waals surface area contributed by atoms with E-state index >= 15 is 0 Å². The lowest BCUT2D eigenvalue weighted by Gasteiger charge is -2.20. The number of aliphatic imine (C=N–C) groups is 1.